The van der Waals surface area contributed by atoms with Crippen LogP contribution in [0.25, 0.3) is 0 Å². The highest BCUT2D eigenvalue weighted by atomic mass is 14.6. The van der Waals surface area contributed by atoms with Gasteiger partial charge in [0.25, 0.3) is 0 Å². The van der Waals surface area contributed by atoms with Crippen LogP contribution in [0.5, 0.6) is 0 Å². The molecular weight excluding hydrogens is 158 g/mol. The Morgan fingerprint density at radius 3 is 2.23 bits per heavy atom. The molecule has 1 atom stereocenters. The third-order valence-corrected chi connectivity index (χ3v) is 3.04. The molecule has 1 aromatic rings. The molecular formula is C12H17N. The molecule has 1 aliphatic rings. The van der Waals surface area contributed by atoms with Crippen molar-refractivity contribution in [1.82, 2.24) is 0 Å². The Bertz CT molecular complexity index is 270. The van der Waals surface area contributed by atoms with Crippen molar-refractivity contribution < 1.29 is 0 Å². The summed E-state index contributed by atoms with van der Waals surface area (Å²) in [5.74, 6) is 0.835. The molecule has 1 heteroatoms. The normalized spacial score (nSPS) is 19.5. The Morgan fingerprint density at radius 1 is 1.23 bits per heavy atom. The van der Waals surface area contributed by atoms with Crippen LogP contribution in [0.3, 0.4) is 0 Å². The van der Waals surface area contributed by atoms with Crippen LogP contribution < -0.4 is 5.73 Å². The lowest BCUT2D eigenvalue weighted by molar-refractivity contribution is 0.419. The predicted molar refractivity (Wildman–Crippen MR) is 55.6 cm³/mol. The average molecular weight is 175 g/mol. The highest BCUT2D eigenvalue weighted by Gasteiger charge is 2.18. The van der Waals surface area contributed by atoms with Crippen molar-refractivity contribution in [2.75, 3.05) is 0 Å². The predicted octanol–water partition coefficient (Wildman–Crippen LogP) is 2.97. The zero-order chi connectivity index (χ0) is 9.26. The third-order valence-electron chi connectivity index (χ3n) is 3.04. The summed E-state index contributed by atoms with van der Waals surface area (Å²) in [5, 5.41) is 0. The van der Waals surface area contributed by atoms with E-state index in [9.17, 15) is 0 Å². The third kappa shape index (κ3) is 1.75. The number of hydrogen-bond acceptors (Lipinski definition) is 1. The molecule has 2 rings (SSSR count). The molecule has 0 unspecified atom stereocenters. The van der Waals surface area contributed by atoms with Gasteiger partial charge >= 0.3 is 0 Å². The van der Waals surface area contributed by atoms with Gasteiger partial charge in [-0.2, -0.15) is 0 Å². The number of nitrogens with two attached hydrogens (primary N) is 1. The summed E-state index contributed by atoms with van der Waals surface area (Å²) < 4.78 is 0. The van der Waals surface area contributed by atoms with Crippen molar-refractivity contribution in [3.8, 4) is 0 Å². The second-order valence-corrected chi connectivity index (χ2v) is 4.08. The van der Waals surface area contributed by atoms with E-state index >= 15 is 0 Å². The van der Waals surface area contributed by atoms with Crippen LogP contribution in [-0.4, -0.2) is 0 Å². The maximum Gasteiger partial charge on any atom is 0.0266 e. The molecule has 0 aromatic heterocycles. The SMILES string of the molecule is C[C@H](N)c1ccc(C2CCC2)cc1. The summed E-state index contributed by atoms with van der Waals surface area (Å²) >= 11 is 0. The van der Waals surface area contributed by atoms with Crippen LogP contribution >= 0.6 is 0 Å². The van der Waals surface area contributed by atoms with E-state index in [1.807, 2.05) is 6.92 Å². The van der Waals surface area contributed by atoms with Crippen molar-refractivity contribution in [2.45, 2.75) is 38.1 Å². The monoisotopic (exact) mass is 175 g/mol. The Balaban J connectivity index is 2.13. The molecule has 70 valence electrons. The lowest BCUT2D eigenvalue weighted by Crippen LogP contribution is -2.09. The minimum atomic E-state index is 0.162. The average Bonchev–Trinajstić information content (AvgIpc) is 2.02. The first-order valence-corrected chi connectivity index (χ1v) is 5.13. The molecule has 0 aliphatic heterocycles. The Kier molecular flexibility index (Phi) is 2.36. The fourth-order valence-corrected chi connectivity index (χ4v) is 1.81. The standard InChI is InChI=1S/C12H17N/c1-9(13)10-5-7-12(8-6-10)11-3-2-4-11/h5-9,11H,2-4,13H2,1H3/t9-/m0/s1. The van der Waals surface area contributed by atoms with E-state index in [2.05, 4.69) is 24.3 Å². The van der Waals surface area contributed by atoms with E-state index in [1.54, 1.807) is 0 Å². The van der Waals surface area contributed by atoms with E-state index in [-0.39, 0.29) is 6.04 Å². The second-order valence-electron chi connectivity index (χ2n) is 4.08. The lowest BCUT2D eigenvalue weighted by atomic mass is 9.80. The number of benzene rings is 1. The molecule has 0 bridgehead atoms. The van der Waals surface area contributed by atoms with Crippen molar-refractivity contribution in [2.24, 2.45) is 5.73 Å². The minimum Gasteiger partial charge on any atom is -0.324 e. The zero-order valence-corrected chi connectivity index (χ0v) is 8.16. The molecule has 1 fully saturated rings. The highest BCUT2D eigenvalue weighted by Crippen LogP contribution is 2.36. The van der Waals surface area contributed by atoms with Crippen LogP contribution in [0.2, 0.25) is 0 Å². The Hall–Kier alpha value is -0.820. The van der Waals surface area contributed by atoms with Crippen molar-refractivity contribution in [1.29, 1.82) is 0 Å². The fraction of sp³-hybridized carbons (Fsp3) is 0.500. The van der Waals surface area contributed by atoms with Crippen LogP contribution in [0.15, 0.2) is 24.3 Å². The van der Waals surface area contributed by atoms with Crippen molar-refractivity contribution >= 4 is 0 Å². The van der Waals surface area contributed by atoms with E-state index in [4.69, 9.17) is 5.73 Å². The van der Waals surface area contributed by atoms with Crippen LogP contribution in [0.1, 0.15) is 49.3 Å². The molecule has 1 nitrogen and oxygen atoms in total. The molecule has 0 spiro atoms. The molecule has 0 amide bonds. The summed E-state index contributed by atoms with van der Waals surface area (Å²) in [5.41, 5.74) is 8.52. The Morgan fingerprint density at radius 2 is 1.85 bits per heavy atom. The molecule has 1 aliphatic carbocycles. The maximum absolute atomic E-state index is 5.79. The number of hydrogen-bond donors (Lipinski definition) is 1. The van der Waals surface area contributed by atoms with E-state index in [1.165, 1.54) is 30.4 Å². The smallest absolute Gasteiger partial charge is 0.0266 e. The summed E-state index contributed by atoms with van der Waals surface area (Å²) in [4.78, 5) is 0. The van der Waals surface area contributed by atoms with Gasteiger partial charge in [-0.1, -0.05) is 30.7 Å². The van der Waals surface area contributed by atoms with Crippen LogP contribution in [0.4, 0.5) is 0 Å². The fourth-order valence-electron chi connectivity index (χ4n) is 1.81. The molecule has 0 heterocycles. The highest BCUT2D eigenvalue weighted by molar-refractivity contribution is 5.27. The van der Waals surface area contributed by atoms with Gasteiger partial charge in [0.2, 0.25) is 0 Å². The van der Waals surface area contributed by atoms with Gasteiger partial charge in [0.15, 0.2) is 0 Å². The van der Waals surface area contributed by atoms with Gasteiger partial charge in [-0.15, -0.1) is 0 Å². The van der Waals surface area contributed by atoms with Crippen LogP contribution in [-0.2, 0) is 0 Å². The van der Waals surface area contributed by atoms with Crippen molar-refractivity contribution in [3.63, 3.8) is 0 Å². The summed E-state index contributed by atoms with van der Waals surface area (Å²) in [7, 11) is 0. The zero-order valence-electron chi connectivity index (χ0n) is 8.16. The number of rotatable bonds is 2. The molecule has 0 saturated heterocycles. The maximum atomic E-state index is 5.79. The van der Waals surface area contributed by atoms with Gasteiger partial charge in [0.05, 0.1) is 0 Å². The quantitative estimate of drug-likeness (QED) is 0.734. The topological polar surface area (TPSA) is 26.0 Å². The van der Waals surface area contributed by atoms with E-state index < -0.39 is 0 Å². The summed E-state index contributed by atoms with van der Waals surface area (Å²) in [6, 6.07) is 8.97. The van der Waals surface area contributed by atoms with Gasteiger partial charge in [-0.25, -0.2) is 0 Å². The largest absolute Gasteiger partial charge is 0.324 e. The molecule has 0 radical (unpaired) electrons. The van der Waals surface area contributed by atoms with Crippen LogP contribution in [0, 0.1) is 0 Å². The summed E-state index contributed by atoms with van der Waals surface area (Å²) in [6.45, 7) is 2.03. The van der Waals surface area contributed by atoms with E-state index in [0.717, 1.165) is 5.92 Å². The second kappa shape index (κ2) is 3.51. The molecule has 1 aromatic carbocycles. The first-order valence-electron chi connectivity index (χ1n) is 5.13. The first-order chi connectivity index (χ1) is 6.27. The minimum absolute atomic E-state index is 0.162. The molecule has 13 heavy (non-hydrogen) atoms. The van der Waals surface area contributed by atoms with Gasteiger partial charge < -0.3 is 5.73 Å². The first kappa shape index (κ1) is 8.76. The summed E-state index contributed by atoms with van der Waals surface area (Å²) in [6.07, 6.45) is 4.15. The van der Waals surface area contributed by atoms with Gasteiger partial charge in [0.1, 0.15) is 0 Å². The van der Waals surface area contributed by atoms with Crippen molar-refractivity contribution in [3.05, 3.63) is 35.4 Å². The Labute approximate surface area is 80.0 Å². The van der Waals surface area contributed by atoms with Gasteiger partial charge in [-0.05, 0) is 36.8 Å². The van der Waals surface area contributed by atoms with E-state index in [0.29, 0.717) is 0 Å². The lowest BCUT2D eigenvalue weighted by Gasteiger charge is -2.26. The van der Waals surface area contributed by atoms with Gasteiger partial charge in [-0.3, -0.25) is 0 Å². The molecule has 2 N–H and O–H groups in total. The van der Waals surface area contributed by atoms with Gasteiger partial charge in [0, 0.05) is 6.04 Å². The molecule has 1 saturated carbocycles.